The maximum atomic E-state index is 9.29. The largest absolute Gasteiger partial charge is 0.504 e. The normalized spacial score (nSPS) is 10.6. The summed E-state index contributed by atoms with van der Waals surface area (Å²) in [4.78, 5) is 0. The molecule has 0 radical (unpaired) electrons. The third-order valence-corrected chi connectivity index (χ3v) is 1.66. The molecule has 0 aliphatic heterocycles. The van der Waals surface area contributed by atoms with Crippen molar-refractivity contribution >= 4 is 6.08 Å². The second-order valence-corrected chi connectivity index (χ2v) is 2.59. The minimum atomic E-state index is -0.226. The summed E-state index contributed by atoms with van der Waals surface area (Å²) in [6.07, 6.45) is 3.65. The van der Waals surface area contributed by atoms with Crippen LogP contribution in [0.15, 0.2) is 18.2 Å². The SMILES string of the molecule is CC=Cc1cc(O)c(O)c(OC)c1. The highest BCUT2D eigenvalue weighted by molar-refractivity contribution is 5.60. The number of methoxy groups -OCH3 is 1. The van der Waals surface area contributed by atoms with E-state index < -0.39 is 0 Å². The van der Waals surface area contributed by atoms with Crippen molar-refractivity contribution in [2.45, 2.75) is 6.92 Å². The maximum absolute atomic E-state index is 9.29. The fourth-order valence-electron chi connectivity index (χ4n) is 1.06. The van der Waals surface area contributed by atoms with Gasteiger partial charge in [-0.05, 0) is 24.6 Å². The van der Waals surface area contributed by atoms with Gasteiger partial charge in [0.1, 0.15) is 0 Å². The Labute approximate surface area is 76.9 Å². The van der Waals surface area contributed by atoms with Gasteiger partial charge >= 0.3 is 0 Å². The number of benzene rings is 1. The highest BCUT2D eigenvalue weighted by atomic mass is 16.5. The molecule has 0 heterocycles. The molecule has 2 N–H and O–H groups in total. The number of allylic oxidation sites excluding steroid dienone is 1. The lowest BCUT2D eigenvalue weighted by Crippen LogP contribution is -1.85. The number of ether oxygens (including phenoxy) is 1. The smallest absolute Gasteiger partial charge is 0.200 e. The van der Waals surface area contributed by atoms with Crippen LogP contribution in [-0.4, -0.2) is 17.3 Å². The van der Waals surface area contributed by atoms with Crippen LogP contribution in [0.1, 0.15) is 12.5 Å². The summed E-state index contributed by atoms with van der Waals surface area (Å²) in [6, 6.07) is 3.12. The van der Waals surface area contributed by atoms with Crippen LogP contribution >= 0.6 is 0 Å². The van der Waals surface area contributed by atoms with Gasteiger partial charge < -0.3 is 14.9 Å². The lowest BCUT2D eigenvalue weighted by molar-refractivity contribution is 0.351. The monoisotopic (exact) mass is 180 g/mol. The zero-order valence-electron chi connectivity index (χ0n) is 7.61. The Morgan fingerprint density at radius 2 is 2.00 bits per heavy atom. The Morgan fingerprint density at radius 3 is 2.54 bits per heavy atom. The van der Waals surface area contributed by atoms with Gasteiger partial charge in [-0.2, -0.15) is 0 Å². The Morgan fingerprint density at radius 1 is 1.31 bits per heavy atom. The van der Waals surface area contributed by atoms with E-state index in [0.29, 0.717) is 0 Å². The molecule has 0 spiro atoms. The molecule has 0 bridgehead atoms. The zero-order valence-corrected chi connectivity index (χ0v) is 7.61. The number of hydrogen-bond donors (Lipinski definition) is 2. The first-order valence-electron chi connectivity index (χ1n) is 3.91. The molecule has 3 heteroatoms. The molecule has 0 atom stereocenters. The highest BCUT2D eigenvalue weighted by Crippen LogP contribution is 2.36. The molecule has 1 aromatic rings. The molecule has 0 saturated carbocycles. The molecular formula is C10H12O3. The lowest BCUT2D eigenvalue weighted by Gasteiger charge is -2.05. The van der Waals surface area contributed by atoms with E-state index in [1.165, 1.54) is 13.2 Å². The van der Waals surface area contributed by atoms with Crippen LogP contribution in [0.4, 0.5) is 0 Å². The van der Waals surface area contributed by atoms with Crippen molar-refractivity contribution in [1.29, 1.82) is 0 Å². The van der Waals surface area contributed by atoms with Crippen LogP contribution in [-0.2, 0) is 0 Å². The summed E-state index contributed by atoms with van der Waals surface area (Å²) in [5.74, 6) is -0.128. The van der Waals surface area contributed by atoms with Gasteiger partial charge in [0.05, 0.1) is 7.11 Å². The van der Waals surface area contributed by atoms with Crippen LogP contribution in [0.2, 0.25) is 0 Å². The number of phenols is 2. The van der Waals surface area contributed by atoms with Gasteiger partial charge in [-0.15, -0.1) is 0 Å². The molecule has 0 aromatic heterocycles. The summed E-state index contributed by atoms with van der Waals surface area (Å²) in [5.41, 5.74) is 0.787. The van der Waals surface area contributed by atoms with Crippen molar-refractivity contribution in [3.63, 3.8) is 0 Å². The first-order chi connectivity index (χ1) is 6.19. The van der Waals surface area contributed by atoms with Crippen molar-refractivity contribution in [1.82, 2.24) is 0 Å². The van der Waals surface area contributed by atoms with Crippen LogP contribution < -0.4 is 4.74 Å². The van der Waals surface area contributed by atoms with Crippen LogP contribution in [0.25, 0.3) is 6.08 Å². The summed E-state index contributed by atoms with van der Waals surface area (Å²) in [5, 5.41) is 18.6. The van der Waals surface area contributed by atoms with Crippen molar-refractivity contribution in [3.05, 3.63) is 23.8 Å². The van der Waals surface area contributed by atoms with Gasteiger partial charge in [0.25, 0.3) is 0 Å². The Balaban J connectivity index is 3.21. The average Bonchev–Trinajstić information content (AvgIpc) is 2.11. The summed E-state index contributed by atoms with van der Waals surface area (Å²) >= 11 is 0. The predicted octanol–water partition coefficient (Wildman–Crippen LogP) is 2.14. The van der Waals surface area contributed by atoms with E-state index in [1.54, 1.807) is 6.07 Å². The Hall–Kier alpha value is -1.64. The molecule has 3 nitrogen and oxygen atoms in total. The second kappa shape index (κ2) is 3.85. The van der Waals surface area contributed by atoms with Gasteiger partial charge in [0, 0.05) is 0 Å². The van der Waals surface area contributed by atoms with Crippen molar-refractivity contribution < 1.29 is 14.9 Å². The van der Waals surface area contributed by atoms with Crippen molar-refractivity contribution in [2.75, 3.05) is 7.11 Å². The third-order valence-electron chi connectivity index (χ3n) is 1.66. The molecule has 70 valence electrons. The second-order valence-electron chi connectivity index (χ2n) is 2.59. The van der Waals surface area contributed by atoms with Crippen LogP contribution in [0, 0.1) is 0 Å². The standard InChI is InChI=1S/C10H12O3/c1-3-4-7-5-8(11)10(12)9(6-7)13-2/h3-6,11-12H,1-2H3. The molecule has 0 aliphatic rings. The van der Waals surface area contributed by atoms with Gasteiger partial charge in [-0.1, -0.05) is 12.2 Å². The highest BCUT2D eigenvalue weighted by Gasteiger charge is 2.07. The molecule has 1 aromatic carbocycles. The lowest BCUT2D eigenvalue weighted by atomic mass is 10.1. The number of hydrogen-bond acceptors (Lipinski definition) is 3. The van der Waals surface area contributed by atoms with Gasteiger partial charge in [-0.3, -0.25) is 0 Å². The summed E-state index contributed by atoms with van der Waals surface area (Å²) in [6.45, 7) is 1.87. The molecule has 1 rings (SSSR count). The van der Waals surface area contributed by atoms with E-state index in [2.05, 4.69) is 0 Å². The number of phenolic OH excluding ortho intramolecular Hbond substituents is 2. The fourth-order valence-corrected chi connectivity index (χ4v) is 1.06. The van der Waals surface area contributed by atoms with E-state index in [4.69, 9.17) is 4.74 Å². The summed E-state index contributed by atoms with van der Waals surface area (Å²) < 4.78 is 4.87. The molecule has 0 aliphatic carbocycles. The van der Waals surface area contributed by atoms with E-state index in [0.717, 1.165) is 5.56 Å². The number of aromatic hydroxyl groups is 2. The molecule has 0 fully saturated rings. The minimum Gasteiger partial charge on any atom is -0.504 e. The van der Waals surface area contributed by atoms with Gasteiger partial charge in [-0.25, -0.2) is 0 Å². The molecule has 0 saturated heterocycles. The first kappa shape index (κ1) is 9.45. The average molecular weight is 180 g/mol. The quantitative estimate of drug-likeness (QED) is 0.685. The molecule has 0 unspecified atom stereocenters. The maximum Gasteiger partial charge on any atom is 0.200 e. The number of rotatable bonds is 2. The first-order valence-corrected chi connectivity index (χ1v) is 3.91. The molecule has 13 heavy (non-hydrogen) atoms. The minimum absolute atomic E-state index is 0.174. The van der Waals surface area contributed by atoms with E-state index >= 15 is 0 Å². The zero-order chi connectivity index (χ0) is 9.84. The summed E-state index contributed by atoms with van der Waals surface area (Å²) in [7, 11) is 1.44. The Kier molecular flexibility index (Phi) is 2.80. The van der Waals surface area contributed by atoms with E-state index in [1.807, 2.05) is 19.1 Å². The van der Waals surface area contributed by atoms with Crippen molar-refractivity contribution in [3.8, 4) is 17.2 Å². The van der Waals surface area contributed by atoms with Crippen LogP contribution in [0.3, 0.4) is 0 Å². The molecule has 0 amide bonds. The van der Waals surface area contributed by atoms with E-state index in [9.17, 15) is 10.2 Å². The molecular weight excluding hydrogens is 168 g/mol. The van der Waals surface area contributed by atoms with Gasteiger partial charge in [0.2, 0.25) is 5.75 Å². The topological polar surface area (TPSA) is 49.7 Å². The van der Waals surface area contributed by atoms with Crippen molar-refractivity contribution in [2.24, 2.45) is 0 Å². The predicted molar refractivity (Wildman–Crippen MR) is 51.0 cm³/mol. The Bertz CT molecular complexity index is 329. The third kappa shape index (κ3) is 1.93. The fraction of sp³-hybridized carbons (Fsp3) is 0.200. The van der Waals surface area contributed by atoms with Crippen LogP contribution in [0.5, 0.6) is 17.2 Å². The van der Waals surface area contributed by atoms with Gasteiger partial charge in [0.15, 0.2) is 11.5 Å². The van der Waals surface area contributed by atoms with E-state index in [-0.39, 0.29) is 17.2 Å².